The molecule has 98 valence electrons. The van der Waals surface area contributed by atoms with Gasteiger partial charge in [-0.15, -0.1) is 11.3 Å². The lowest BCUT2D eigenvalue weighted by Crippen LogP contribution is -2.17. The third-order valence-electron chi connectivity index (χ3n) is 4.25. The van der Waals surface area contributed by atoms with Crippen molar-refractivity contribution in [2.24, 2.45) is 11.3 Å². The van der Waals surface area contributed by atoms with E-state index in [1.54, 1.807) is 6.20 Å². The van der Waals surface area contributed by atoms with Crippen LogP contribution in [0, 0.1) is 11.3 Å². The van der Waals surface area contributed by atoms with E-state index in [9.17, 15) is 4.79 Å². The highest BCUT2D eigenvalue weighted by Gasteiger charge is 2.58. The maximum atomic E-state index is 12.1. The van der Waals surface area contributed by atoms with Crippen LogP contribution in [0.3, 0.4) is 0 Å². The Morgan fingerprint density at radius 3 is 3.06 bits per heavy atom. The van der Waals surface area contributed by atoms with Gasteiger partial charge in [-0.2, -0.15) is 0 Å². The van der Waals surface area contributed by atoms with Crippen molar-refractivity contribution in [2.45, 2.75) is 38.5 Å². The fourth-order valence-electron chi connectivity index (χ4n) is 3.13. The van der Waals surface area contributed by atoms with Gasteiger partial charge in [-0.3, -0.25) is 4.79 Å². The molecular formula is C13H18N2O2S. The van der Waals surface area contributed by atoms with E-state index in [-0.39, 0.29) is 18.4 Å². The number of nitrogens with one attached hydrogen (secondary N) is 1. The fourth-order valence-corrected chi connectivity index (χ4v) is 3.94. The van der Waals surface area contributed by atoms with Crippen LogP contribution in [-0.2, 0) is 11.2 Å². The minimum Gasteiger partial charge on any atom is -0.396 e. The van der Waals surface area contributed by atoms with Crippen molar-refractivity contribution in [3.63, 3.8) is 0 Å². The number of hydrogen-bond acceptors (Lipinski definition) is 4. The summed E-state index contributed by atoms with van der Waals surface area (Å²) in [5.41, 5.74) is 0.343. The normalized spacial score (nSPS) is 24.4. The topological polar surface area (TPSA) is 62.2 Å². The van der Waals surface area contributed by atoms with Gasteiger partial charge in [0, 0.05) is 30.0 Å². The quantitative estimate of drug-likeness (QED) is 0.878. The van der Waals surface area contributed by atoms with Crippen LogP contribution >= 0.6 is 11.3 Å². The molecule has 0 bridgehead atoms. The molecule has 1 amide bonds. The SMILES string of the molecule is O=C(Nc1ncc(CCO)s1)C1CC12CCCC2. The Morgan fingerprint density at radius 1 is 1.56 bits per heavy atom. The number of anilines is 1. The summed E-state index contributed by atoms with van der Waals surface area (Å²) in [5.74, 6) is 0.354. The number of thiazole rings is 1. The molecule has 1 aromatic heterocycles. The van der Waals surface area contributed by atoms with Crippen LogP contribution in [0.1, 0.15) is 37.0 Å². The van der Waals surface area contributed by atoms with Gasteiger partial charge < -0.3 is 10.4 Å². The minimum absolute atomic E-state index is 0.126. The van der Waals surface area contributed by atoms with Crippen molar-refractivity contribution >= 4 is 22.4 Å². The zero-order valence-electron chi connectivity index (χ0n) is 10.3. The van der Waals surface area contributed by atoms with Gasteiger partial charge in [0.25, 0.3) is 0 Å². The molecular weight excluding hydrogens is 248 g/mol. The molecule has 1 heterocycles. The zero-order valence-corrected chi connectivity index (χ0v) is 11.1. The second-order valence-corrected chi connectivity index (χ2v) is 6.54. The maximum Gasteiger partial charge on any atom is 0.229 e. The average molecular weight is 266 g/mol. The van der Waals surface area contributed by atoms with E-state index in [0.29, 0.717) is 17.0 Å². The average Bonchev–Trinajstić information content (AvgIpc) is 2.69. The van der Waals surface area contributed by atoms with Crippen molar-refractivity contribution in [3.8, 4) is 0 Å². The molecule has 3 rings (SSSR count). The van der Waals surface area contributed by atoms with Crippen LogP contribution < -0.4 is 5.32 Å². The zero-order chi connectivity index (χ0) is 12.6. The van der Waals surface area contributed by atoms with Crippen LogP contribution in [-0.4, -0.2) is 22.6 Å². The van der Waals surface area contributed by atoms with Crippen LogP contribution in [0.15, 0.2) is 6.20 Å². The van der Waals surface area contributed by atoms with Crippen LogP contribution in [0.5, 0.6) is 0 Å². The highest BCUT2D eigenvalue weighted by atomic mass is 32.1. The van der Waals surface area contributed by atoms with Gasteiger partial charge in [0.2, 0.25) is 5.91 Å². The van der Waals surface area contributed by atoms with Crippen LogP contribution in [0.25, 0.3) is 0 Å². The summed E-state index contributed by atoms with van der Waals surface area (Å²) < 4.78 is 0. The summed E-state index contributed by atoms with van der Waals surface area (Å²) in [4.78, 5) is 17.3. The van der Waals surface area contributed by atoms with Gasteiger partial charge in [0.05, 0.1) is 0 Å². The van der Waals surface area contributed by atoms with Gasteiger partial charge in [-0.05, 0) is 24.7 Å². The number of hydrogen-bond donors (Lipinski definition) is 2. The lowest BCUT2D eigenvalue weighted by Gasteiger charge is -2.07. The molecule has 1 aromatic rings. The number of carbonyl (C=O) groups is 1. The van der Waals surface area contributed by atoms with Crippen molar-refractivity contribution in [1.82, 2.24) is 4.98 Å². The summed E-state index contributed by atoms with van der Waals surface area (Å²) in [6.07, 6.45) is 8.41. The van der Waals surface area contributed by atoms with Gasteiger partial charge in [-0.1, -0.05) is 12.8 Å². The molecule has 1 spiro atoms. The first-order valence-corrected chi connectivity index (χ1v) is 7.42. The van der Waals surface area contributed by atoms with Crippen molar-refractivity contribution in [1.29, 1.82) is 0 Å². The van der Waals surface area contributed by atoms with Gasteiger partial charge >= 0.3 is 0 Å². The highest BCUT2D eigenvalue weighted by Crippen LogP contribution is 2.63. The first-order chi connectivity index (χ1) is 8.73. The predicted molar refractivity (Wildman–Crippen MR) is 70.5 cm³/mol. The molecule has 2 saturated carbocycles. The number of aliphatic hydroxyl groups excluding tert-OH is 1. The summed E-state index contributed by atoms with van der Waals surface area (Å²) in [6, 6.07) is 0. The molecule has 1 atom stereocenters. The molecule has 0 aromatic carbocycles. The second kappa shape index (κ2) is 4.63. The molecule has 2 aliphatic rings. The first-order valence-electron chi connectivity index (χ1n) is 6.60. The Labute approximate surface area is 110 Å². The molecule has 2 fully saturated rings. The van der Waals surface area contributed by atoms with E-state index in [4.69, 9.17) is 5.11 Å². The molecule has 1 unspecified atom stereocenters. The molecule has 4 nitrogen and oxygen atoms in total. The fraction of sp³-hybridized carbons (Fsp3) is 0.692. The molecule has 0 saturated heterocycles. The molecule has 2 aliphatic carbocycles. The third-order valence-corrected chi connectivity index (χ3v) is 5.22. The monoisotopic (exact) mass is 266 g/mol. The standard InChI is InChI=1S/C13H18N2O2S/c16-6-3-9-8-14-12(18-9)15-11(17)10-7-13(10)4-1-2-5-13/h8,10,16H,1-7H2,(H,14,15,17). The van der Waals surface area contributed by atoms with Crippen molar-refractivity contribution in [2.75, 3.05) is 11.9 Å². The highest BCUT2D eigenvalue weighted by molar-refractivity contribution is 7.15. The minimum atomic E-state index is 0.126. The third kappa shape index (κ3) is 2.17. The number of aliphatic hydroxyl groups is 1. The molecule has 18 heavy (non-hydrogen) atoms. The maximum absolute atomic E-state index is 12.1. The summed E-state index contributed by atoms with van der Waals surface area (Å²) >= 11 is 1.46. The van der Waals surface area contributed by atoms with E-state index < -0.39 is 0 Å². The van der Waals surface area contributed by atoms with Crippen molar-refractivity contribution < 1.29 is 9.90 Å². The van der Waals surface area contributed by atoms with Crippen LogP contribution in [0.2, 0.25) is 0 Å². The van der Waals surface area contributed by atoms with E-state index >= 15 is 0 Å². The van der Waals surface area contributed by atoms with E-state index in [1.165, 1.54) is 37.0 Å². The van der Waals surface area contributed by atoms with E-state index in [1.807, 2.05) is 0 Å². The van der Waals surface area contributed by atoms with E-state index in [0.717, 1.165) is 11.3 Å². The van der Waals surface area contributed by atoms with Gasteiger partial charge in [0.15, 0.2) is 5.13 Å². The largest absolute Gasteiger partial charge is 0.396 e. The number of amides is 1. The Balaban J connectivity index is 1.58. The van der Waals surface area contributed by atoms with Crippen molar-refractivity contribution in [3.05, 3.63) is 11.1 Å². The smallest absolute Gasteiger partial charge is 0.229 e. The Kier molecular flexibility index (Phi) is 3.11. The van der Waals surface area contributed by atoms with E-state index in [2.05, 4.69) is 10.3 Å². The molecule has 2 N–H and O–H groups in total. The number of aromatic nitrogens is 1. The number of carbonyl (C=O) groups excluding carboxylic acids is 1. The van der Waals surface area contributed by atoms with Gasteiger partial charge in [-0.25, -0.2) is 4.98 Å². The van der Waals surface area contributed by atoms with Crippen LogP contribution in [0.4, 0.5) is 5.13 Å². The summed E-state index contributed by atoms with van der Waals surface area (Å²) in [6.45, 7) is 0.126. The lowest BCUT2D eigenvalue weighted by molar-refractivity contribution is -0.118. The first kappa shape index (κ1) is 12.1. The summed E-state index contributed by atoms with van der Waals surface area (Å²) in [7, 11) is 0. The molecule has 0 radical (unpaired) electrons. The Morgan fingerprint density at radius 2 is 2.33 bits per heavy atom. The predicted octanol–water partition coefficient (Wildman–Crippen LogP) is 2.20. The lowest BCUT2D eigenvalue weighted by atomic mass is 10.0. The Hall–Kier alpha value is -0.940. The molecule has 0 aliphatic heterocycles. The Bertz CT molecular complexity index is 452. The second-order valence-electron chi connectivity index (χ2n) is 5.42. The summed E-state index contributed by atoms with van der Waals surface area (Å²) in [5, 5.41) is 12.4. The number of nitrogens with zero attached hydrogens (tertiary/aromatic N) is 1. The van der Waals surface area contributed by atoms with Gasteiger partial charge in [0.1, 0.15) is 0 Å². The number of rotatable bonds is 4. The molecule has 5 heteroatoms.